The van der Waals surface area contributed by atoms with Gasteiger partial charge >= 0.3 is 0 Å². The molecule has 0 radical (unpaired) electrons. The van der Waals surface area contributed by atoms with Crippen molar-refractivity contribution >= 4 is 0 Å². The molecule has 0 aromatic carbocycles. The Hall–Kier alpha value is -0.0800. The molecule has 11 heavy (non-hydrogen) atoms. The number of aliphatic hydroxyl groups excluding tert-OH is 1. The Morgan fingerprint density at radius 1 is 1.27 bits per heavy atom. The van der Waals surface area contributed by atoms with Crippen LogP contribution in [0.3, 0.4) is 0 Å². The third kappa shape index (κ3) is 2.46. The first-order valence-electron chi connectivity index (χ1n) is 4.26. The quantitative estimate of drug-likeness (QED) is 0.578. The van der Waals surface area contributed by atoms with Gasteiger partial charge in [-0.25, -0.2) is 0 Å². The van der Waals surface area contributed by atoms with Gasteiger partial charge in [-0.3, -0.25) is 0 Å². The highest BCUT2D eigenvalue weighted by molar-refractivity contribution is 4.79. The van der Waals surface area contributed by atoms with Gasteiger partial charge in [0.15, 0.2) is 0 Å². The lowest BCUT2D eigenvalue weighted by atomic mass is 9.77. The summed E-state index contributed by atoms with van der Waals surface area (Å²) in [5, 5.41) is 9.32. The molecule has 1 saturated heterocycles. The van der Waals surface area contributed by atoms with Crippen LogP contribution in [0.15, 0.2) is 0 Å². The van der Waals surface area contributed by atoms with Gasteiger partial charge < -0.3 is 9.84 Å². The maximum absolute atomic E-state index is 9.32. The highest BCUT2D eigenvalue weighted by Gasteiger charge is 2.30. The zero-order valence-electron chi connectivity index (χ0n) is 7.63. The molecule has 1 aliphatic heterocycles. The summed E-state index contributed by atoms with van der Waals surface area (Å²) in [6, 6.07) is 0. The van der Waals surface area contributed by atoms with E-state index in [1.165, 1.54) is 0 Å². The molecule has 0 amide bonds. The molecule has 2 heteroatoms. The third-order valence-corrected chi connectivity index (χ3v) is 2.41. The van der Waals surface area contributed by atoms with Crippen molar-refractivity contribution < 1.29 is 9.84 Å². The topological polar surface area (TPSA) is 29.5 Å². The van der Waals surface area contributed by atoms with E-state index in [0.29, 0.717) is 12.5 Å². The third-order valence-electron chi connectivity index (χ3n) is 2.41. The van der Waals surface area contributed by atoms with E-state index in [-0.39, 0.29) is 11.5 Å². The largest absolute Gasteiger partial charge is 0.391 e. The molecule has 1 N–H and O–H groups in total. The number of ether oxygens (including phenoxy) is 1. The normalized spacial score (nSPS) is 33.8. The standard InChI is InChI=1S/C9H18O2/c1-9(2,3)7-4-8(10)6-11-5-7/h7-8,10H,4-6H2,1-3H3. The summed E-state index contributed by atoms with van der Waals surface area (Å²) >= 11 is 0. The first-order valence-corrected chi connectivity index (χ1v) is 4.26. The van der Waals surface area contributed by atoms with E-state index in [4.69, 9.17) is 4.74 Å². The van der Waals surface area contributed by atoms with Gasteiger partial charge in [-0.05, 0) is 17.8 Å². The lowest BCUT2D eigenvalue weighted by molar-refractivity contribution is -0.0637. The molecule has 1 fully saturated rings. The van der Waals surface area contributed by atoms with Crippen LogP contribution in [0.2, 0.25) is 0 Å². The van der Waals surface area contributed by atoms with Crippen LogP contribution >= 0.6 is 0 Å². The molecule has 2 nitrogen and oxygen atoms in total. The Bertz CT molecular complexity index is 126. The average molecular weight is 158 g/mol. The first-order chi connectivity index (χ1) is 5.00. The molecule has 0 aromatic rings. The molecule has 0 saturated carbocycles. The number of rotatable bonds is 0. The predicted molar refractivity (Wildman–Crippen MR) is 44.4 cm³/mol. The van der Waals surface area contributed by atoms with Crippen LogP contribution in [0.1, 0.15) is 27.2 Å². The van der Waals surface area contributed by atoms with Gasteiger partial charge in [0.25, 0.3) is 0 Å². The summed E-state index contributed by atoms with van der Waals surface area (Å²) in [4.78, 5) is 0. The van der Waals surface area contributed by atoms with Gasteiger partial charge in [-0.15, -0.1) is 0 Å². The maximum atomic E-state index is 9.32. The number of aliphatic hydroxyl groups is 1. The van der Waals surface area contributed by atoms with Crippen molar-refractivity contribution in [2.75, 3.05) is 13.2 Å². The van der Waals surface area contributed by atoms with E-state index in [9.17, 15) is 5.11 Å². The minimum Gasteiger partial charge on any atom is -0.391 e. The Morgan fingerprint density at radius 2 is 1.91 bits per heavy atom. The van der Waals surface area contributed by atoms with Gasteiger partial charge in [0.1, 0.15) is 0 Å². The molecule has 1 heterocycles. The Morgan fingerprint density at radius 3 is 2.27 bits per heavy atom. The lowest BCUT2D eigenvalue weighted by Crippen LogP contribution is -2.36. The fourth-order valence-corrected chi connectivity index (χ4v) is 1.41. The predicted octanol–water partition coefficient (Wildman–Crippen LogP) is 1.43. The van der Waals surface area contributed by atoms with E-state index in [2.05, 4.69) is 20.8 Å². The Balaban J connectivity index is 2.46. The summed E-state index contributed by atoms with van der Waals surface area (Å²) in [6.45, 7) is 7.91. The van der Waals surface area contributed by atoms with Crippen molar-refractivity contribution in [1.82, 2.24) is 0 Å². The molecule has 66 valence electrons. The fourth-order valence-electron chi connectivity index (χ4n) is 1.41. The van der Waals surface area contributed by atoms with Crippen molar-refractivity contribution in [3.63, 3.8) is 0 Å². The molecule has 2 atom stereocenters. The summed E-state index contributed by atoms with van der Waals surface area (Å²) in [5.74, 6) is 0.506. The second-order valence-electron chi connectivity index (χ2n) is 4.49. The first kappa shape index (κ1) is 9.01. The summed E-state index contributed by atoms with van der Waals surface area (Å²) in [6.07, 6.45) is 0.650. The van der Waals surface area contributed by atoms with E-state index in [0.717, 1.165) is 13.0 Å². The SMILES string of the molecule is CC(C)(C)C1COCC(O)C1. The van der Waals surface area contributed by atoms with Crippen LogP contribution in [0, 0.1) is 11.3 Å². The summed E-state index contributed by atoms with van der Waals surface area (Å²) < 4.78 is 5.27. The van der Waals surface area contributed by atoms with E-state index < -0.39 is 0 Å². The molecule has 2 unspecified atom stereocenters. The summed E-state index contributed by atoms with van der Waals surface area (Å²) in [7, 11) is 0. The maximum Gasteiger partial charge on any atom is 0.0777 e. The number of hydrogen-bond acceptors (Lipinski definition) is 2. The number of hydrogen-bond donors (Lipinski definition) is 1. The fraction of sp³-hybridized carbons (Fsp3) is 1.00. The molecule has 0 aromatic heterocycles. The van der Waals surface area contributed by atoms with Gasteiger partial charge in [-0.2, -0.15) is 0 Å². The van der Waals surface area contributed by atoms with Crippen LogP contribution in [0.5, 0.6) is 0 Å². The zero-order chi connectivity index (χ0) is 8.48. The molecular formula is C9H18O2. The van der Waals surface area contributed by atoms with Crippen molar-refractivity contribution in [1.29, 1.82) is 0 Å². The van der Waals surface area contributed by atoms with Crippen molar-refractivity contribution in [2.24, 2.45) is 11.3 Å². The minimum absolute atomic E-state index is 0.243. The highest BCUT2D eigenvalue weighted by atomic mass is 16.5. The molecule has 1 aliphatic rings. The van der Waals surface area contributed by atoms with Gasteiger partial charge in [0, 0.05) is 0 Å². The van der Waals surface area contributed by atoms with Crippen LogP contribution in [0.4, 0.5) is 0 Å². The van der Waals surface area contributed by atoms with Gasteiger partial charge in [-0.1, -0.05) is 20.8 Å². The van der Waals surface area contributed by atoms with E-state index in [1.807, 2.05) is 0 Å². The van der Waals surface area contributed by atoms with E-state index in [1.54, 1.807) is 0 Å². The Kier molecular flexibility index (Phi) is 2.55. The van der Waals surface area contributed by atoms with Crippen molar-refractivity contribution in [3.05, 3.63) is 0 Å². The van der Waals surface area contributed by atoms with Crippen LogP contribution in [0.25, 0.3) is 0 Å². The average Bonchev–Trinajstić information content (AvgIpc) is 1.86. The monoisotopic (exact) mass is 158 g/mol. The molecular weight excluding hydrogens is 140 g/mol. The molecule has 1 rings (SSSR count). The second-order valence-corrected chi connectivity index (χ2v) is 4.49. The van der Waals surface area contributed by atoms with Gasteiger partial charge in [0.2, 0.25) is 0 Å². The summed E-state index contributed by atoms with van der Waals surface area (Å²) in [5.41, 5.74) is 0.265. The van der Waals surface area contributed by atoms with Gasteiger partial charge in [0.05, 0.1) is 19.3 Å². The smallest absolute Gasteiger partial charge is 0.0777 e. The van der Waals surface area contributed by atoms with Crippen LogP contribution in [-0.4, -0.2) is 24.4 Å². The van der Waals surface area contributed by atoms with Crippen LogP contribution in [-0.2, 0) is 4.74 Å². The minimum atomic E-state index is -0.243. The lowest BCUT2D eigenvalue weighted by Gasteiger charge is -2.35. The molecule has 0 bridgehead atoms. The molecule has 0 spiro atoms. The van der Waals surface area contributed by atoms with Crippen LogP contribution < -0.4 is 0 Å². The van der Waals surface area contributed by atoms with Crippen molar-refractivity contribution in [3.8, 4) is 0 Å². The zero-order valence-corrected chi connectivity index (χ0v) is 7.63. The van der Waals surface area contributed by atoms with E-state index >= 15 is 0 Å². The second kappa shape index (κ2) is 3.11. The highest BCUT2D eigenvalue weighted by Crippen LogP contribution is 2.32. The van der Waals surface area contributed by atoms with Crippen molar-refractivity contribution in [2.45, 2.75) is 33.3 Å². The molecule has 0 aliphatic carbocycles. The Labute approximate surface area is 68.6 Å².